The topological polar surface area (TPSA) is 94.9 Å². The average Bonchev–Trinajstić information content (AvgIpc) is 3.25. The summed E-state index contributed by atoms with van der Waals surface area (Å²) in [5.74, 6) is -0.270. The Labute approximate surface area is 172 Å². The molecule has 1 amide bonds. The number of halogens is 1. The first-order valence-corrected chi connectivity index (χ1v) is 10.0. The molecular formula is C19H21ClN4O3S. The second kappa shape index (κ2) is 10.6. The van der Waals surface area contributed by atoms with Crippen molar-refractivity contribution in [1.29, 1.82) is 0 Å². The molecule has 2 N–H and O–H groups in total. The number of aromatic nitrogens is 1. The summed E-state index contributed by atoms with van der Waals surface area (Å²) in [7, 11) is 0. The number of hydrogen-bond acceptors (Lipinski definition) is 7. The van der Waals surface area contributed by atoms with E-state index in [1.54, 1.807) is 23.0 Å². The molecule has 9 heteroatoms. The number of carbonyl (C=O) groups is 2. The number of amides is 1. The molecule has 0 spiro atoms. The Morgan fingerprint density at radius 3 is 2.64 bits per heavy atom. The fourth-order valence-electron chi connectivity index (χ4n) is 2.56. The van der Waals surface area contributed by atoms with Crippen molar-refractivity contribution in [2.45, 2.75) is 19.9 Å². The van der Waals surface area contributed by atoms with E-state index in [0.717, 1.165) is 5.56 Å². The molecule has 7 nitrogen and oxygen atoms in total. The van der Waals surface area contributed by atoms with Crippen molar-refractivity contribution in [2.75, 3.05) is 13.1 Å². The van der Waals surface area contributed by atoms with Crippen LogP contribution in [0.25, 0.3) is 0 Å². The largest absolute Gasteiger partial charge is 0.513 e. The molecule has 0 bridgehead atoms. The molecule has 1 atom stereocenters. The summed E-state index contributed by atoms with van der Waals surface area (Å²) in [6.45, 7) is 4.08. The number of carbonyl (C=O) groups excluding carboxylic acids is 2. The minimum atomic E-state index is -0.565. The van der Waals surface area contributed by atoms with Gasteiger partial charge in [0.05, 0.1) is 24.6 Å². The van der Waals surface area contributed by atoms with Crippen LogP contribution in [0.3, 0.4) is 0 Å². The molecule has 1 aliphatic heterocycles. The van der Waals surface area contributed by atoms with Gasteiger partial charge in [-0.2, -0.15) is 0 Å². The number of aliphatic hydroxyl groups is 1. The maximum absolute atomic E-state index is 12.8. The first-order chi connectivity index (χ1) is 13.6. The third-order valence-electron chi connectivity index (χ3n) is 3.80. The molecule has 0 fully saturated rings. The summed E-state index contributed by atoms with van der Waals surface area (Å²) in [4.78, 5) is 33.8. The van der Waals surface area contributed by atoms with Crippen molar-refractivity contribution in [3.8, 4) is 0 Å². The van der Waals surface area contributed by atoms with E-state index in [-0.39, 0.29) is 24.8 Å². The van der Waals surface area contributed by atoms with Gasteiger partial charge in [-0.3, -0.25) is 14.7 Å². The number of thiazole rings is 1. The average molecular weight is 421 g/mol. The fraction of sp³-hybridized carbons (Fsp3) is 0.263. The normalized spacial score (nSPS) is 18.3. The van der Waals surface area contributed by atoms with Crippen molar-refractivity contribution >= 4 is 41.0 Å². The van der Waals surface area contributed by atoms with Crippen LogP contribution in [0.4, 0.5) is 0 Å². The highest BCUT2D eigenvalue weighted by Crippen LogP contribution is 2.21. The predicted molar refractivity (Wildman–Crippen MR) is 111 cm³/mol. The summed E-state index contributed by atoms with van der Waals surface area (Å²) in [6, 6.07) is 6.77. The molecule has 1 aromatic carbocycles. The van der Waals surface area contributed by atoms with Gasteiger partial charge in [-0.25, -0.2) is 4.98 Å². The fourth-order valence-corrected chi connectivity index (χ4v) is 3.22. The molecule has 1 aromatic heterocycles. The molecule has 0 radical (unpaired) electrons. The van der Waals surface area contributed by atoms with Gasteiger partial charge < -0.3 is 15.2 Å². The summed E-state index contributed by atoms with van der Waals surface area (Å²) < 4.78 is 0. The summed E-state index contributed by atoms with van der Waals surface area (Å²) in [5, 5.41) is 14.9. The number of amidine groups is 1. The Bertz CT molecular complexity index is 851. The van der Waals surface area contributed by atoms with Crippen LogP contribution < -0.4 is 5.32 Å². The van der Waals surface area contributed by atoms with Crippen molar-refractivity contribution < 1.29 is 14.7 Å². The summed E-state index contributed by atoms with van der Waals surface area (Å²) in [5.41, 5.74) is 2.94. The smallest absolute Gasteiger partial charge is 0.279 e. The molecule has 2 heterocycles. The Balaban J connectivity index is 0.00000136. The van der Waals surface area contributed by atoms with Crippen molar-refractivity contribution in [2.24, 2.45) is 4.99 Å². The van der Waals surface area contributed by atoms with Crippen LogP contribution in [0.1, 0.15) is 31.1 Å². The van der Waals surface area contributed by atoms with E-state index < -0.39 is 5.91 Å². The van der Waals surface area contributed by atoms with Crippen LogP contribution in [-0.4, -0.2) is 46.1 Å². The number of hydrogen-bond donors (Lipinski definition) is 2. The molecule has 0 unspecified atom stereocenters. The van der Waals surface area contributed by atoms with Gasteiger partial charge in [0, 0.05) is 10.4 Å². The number of aldehydes is 1. The van der Waals surface area contributed by atoms with Crippen molar-refractivity contribution in [3.63, 3.8) is 0 Å². The zero-order valence-electron chi connectivity index (χ0n) is 15.5. The third kappa shape index (κ3) is 4.96. The monoisotopic (exact) mass is 420 g/mol. The molecule has 148 valence electrons. The van der Waals surface area contributed by atoms with Gasteiger partial charge >= 0.3 is 0 Å². The molecule has 2 aromatic rings. The van der Waals surface area contributed by atoms with Gasteiger partial charge in [-0.1, -0.05) is 37.6 Å². The quantitative estimate of drug-likeness (QED) is 0.449. The maximum Gasteiger partial charge on any atom is 0.279 e. The maximum atomic E-state index is 12.8. The van der Waals surface area contributed by atoms with Gasteiger partial charge in [-0.05, 0) is 17.7 Å². The first-order valence-electron chi connectivity index (χ1n) is 8.69. The second-order valence-corrected chi connectivity index (χ2v) is 6.57. The van der Waals surface area contributed by atoms with Gasteiger partial charge in [0.1, 0.15) is 23.9 Å². The van der Waals surface area contributed by atoms with Crippen LogP contribution in [0.15, 0.2) is 52.1 Å². The Morgan fingerprint density at radius 1 is 1.36 bits per heavy atom. The van der Waals surface area contributed by atoms with Gasteiger partial charge in [0.15, 0.2) is 5.84 Å². The van der Waals surface area contributed by atoms with Crippen LogP contribution >= 0.6 is 22.9 Å². The zero-order chi connectivity index (χ0) is 20.5. The molecule has 28 heavy (non-hydrogen) atoms. The lowest BCUT2D eigenvalue weighted by molar-refractivity contribution is -0.126. The van der Waals surface area contributed by atoms with Crippen LogP contribution in [0.5, 0.6) is 0 Å². The van der Waals surface area contributed by atoms with E-state index in [4.69, 9.17) is 11.6 Å². The third-order valence-corrected chi connectivity index (χ3v) is 4.64. The summed E-state index contributed by atoms with van der Waals surface area (Å²) >= 11 is 7.29. The number of nitrogens with one attached hydrogen (secondary N) is 1. The second-order valence-electron chi connectivity index (χ2n) is 5.41. The van der Waals surface area contributed by atoms with E-state index in [1.165, 1.54) is 16.2 Å². The Hall–Kier alpha value is -2.71. The zero-order valence-corrected chi connectivity index (χ0v) is 17.1. The standard InChI is InChI=1S/C17H15ClN4O3S.C2H6/c18-12-3-1-11(2-4-12)13-7-19-16(15-9-26-10-20-15)22(5-6-23)17(25)14(8-24)21-13;1-2/h1-4,6,8-10,13,21,24H,5,7H2;1-2H3/b14-8-,19-16?;/t13-;/m0./s1. The molecule has 0 saturated heterocycles. The minimum Gasteiger partial charge on any atom is -0.513 e. The molecule has 0 saturated carbocycles. The van der Waals surface area contributed by atoms with Gasteiger partial charge in [0.2, 0.25) is 0 Å². The van der Waals surface area contributed by atoms with Crippen LogP contribution in [0.2, 0.25) is 5.02 Å². The number of rotatable bonds is 4. The predicted octanol–water partition coefficient (Wildman–Crippen LogP) is 3.34. The van der Waals surface area contributed by atoms with E-state index >= 15 is 0 Å². The van der Waals surface area contributed by atoms with Crippen LogP contribution in [-0.2, 0) is 9.59 Å². The number of benzene rings is 1. The van der Waals surface area contributed by atoms with E-state index in [9.17, 15) is 14.7 Å². The van der Waals surface area contributed by atoms with Crippen LogP contribution in [0, 0.1) is 0 Å². The van der Waals surface area contributed by atoms with Crippen molar-refractivity contribution in [1.82, 2.24) is 15.2 Å². The first kappa shape index (κ1) is 21.6. The van der Waals surface area contributed by atoms with Gasteiger partial charge in [0.25, 0.3) is 5.91 Å². The Morgan fingerprint density at radius 2 is 2.07 bits per heavy atom. The minimum absolute atomic E-state index is 0.0329. The number of aliphatic hydroxyl groups excluding tert-OH is 1. The highest BCUT2D eigenvalue weighted by Gasteiger charge is 2.29. The lowest BCUT2D eigenvalue weighted by atomic mass is 10.1. The Kier molecular flexibility index (Phi) is 8.16. The van der Waals surface area contributed by atoms with Gasteiger partial charge in [-0.15, -0.1) is 11.3 Å². The number of aliphatic imine (C=N–C) groups is 1. The number of nitrogens with zero attached hydrogens (tertiary/aromatic N) is 3. The molecular weight excluding hydrogens is 400 g/mol. The molecule has 0 aliphatic carbocycles. The molecule has 3 rings (SSSR count). The van der Waals surface area contributed by atoms with E-state index in [2.05, 4.69) is 15.3 Å². The molecule has 1 aliphatic rings. The highest BCUT2D eigenvalue weighted by atomic mass is 35.5. The van der Waals surface area contributed by atoms with E-state index in [0.29, 0.717) is 29.1 Å². The SMILES string of the molecule is CC.O=CCN1C(=O)/C(=C/O)N[C@H](c2ccc(Cl)cc2)CN=C1c1cscn1. The lowest BCUT2D eigenvalue weighted by Crippen LogP contribution is -2.45. The van der Waals surface area contributed by atoms with E-state index in [1.807, 2.05) is 26.0 Å². The summed E-state index contributed by atoms with van der Waals surface area (Å²) in [6.07, 6.45) is 1.31. The van der Waals surface area contributed by atoms with Crippen molar-refractivity contribution in [3.05, 3.63) is 63.4 Å². The lowest BCUT2D eigenvalue weighted by Gasteiger charge is -2.28. The highest BCUT2D eigenvalue weighted by molar-refractivity contribution is 7.07.